The molecule has 3 heteroatoms. The number of hydrogen-bond donors (Lipinski definition) is 2. The summed E-state index contributed by atoms with van der Waals surface area (Å²) in [6.45, 7) is 4.06. The van der Waals surface area contributed by atoms with Crippen molar-refractivity contribution in [2.24, 2.45) is 0 Å². The third-order valence-corrected chi connectivity index (χ3v) is 2.17. The number of carboxylic acids is 1. The molecule has 3 nitrogen and oxygen atoms in total. The molecule has 0 heterocycles. The van der Waals surface area contributed by atoms with Gasteiger partial charge in [0.05, 0.1) is 0 Å². The summed E-state index contributed by atoms with van der Waals surface area (Å²) in [5.41, 5.74) is 0. The maximum Gasteiger partial charge on any atom is 0.303 e. The lowest BCUT2D eigenvalue weighted by Crippen LogP contribution is -2.36. The Kier molecular flexibility index (Phi) is 6.87. The minimum Gasteiger partial charge on any atom is -0.481 e. The van der Waals surface area contributed by atoms with Crippen molar-refractivity contribution in [1.82, 2.24) is 5.32 Å². The molecule has 80 valence electrons. The van der Waals surface area contributed by atoms with E-state index in [1.165, 1.54) is 0 Å². The molecule has 0 radical (unpaired) electrons. The van der Waals surface area contributed by atoms with Gasteiger partial charge in [-0.1, -0.05) is 6.92 Å². The summed E-state index contributed by atoms with van der Waals surface area (Å²) in [7, 11) is 0. The zero-order chi connectivity index (χ0) is 11.0. The van der Waals surface area contributed by atoms with Gasteiger partial charge < -0.3 is 10.4 Å². The lowest BCUT2D eigenvalue weighted by atomic mass is 10.1. The Hall–Kier alpha value is -1.01. The molecule has 2 N–H and O–H groups in total. The SMILES string of the molecule is C#CCC(CC)NC(C)CCC(=O)O. The van der Waals surface area contributed by atoms with Crippen molar-refractivity contribution in [3.8, 4) is 12.3 Å². The van der Waals surface area contributed by atoms with E-state index in [1.807, 2.05) is 6.92 Å². The second-order valence-electron chi connectivity index (χ2n) is 3.51. The smallest absolute Gasteiger partial charge is 0.303 e. The number of hydrogen-bond acceptors (Lipinski definition) is 2. The zero-order valence-corrected chi connectivity index (χ0v) is 8.92. The van der Waals surface area contributed by atoms with Crippen LogP contribution in [0.25, 0.3) is 0 Å². The van der Waals surface area contributed by atoms with Crippen LogP contribution >= 0.6 is 0 Å². The molecule has 0 aromatic heterocycles. The first kappa shape index (κ1) is 13.0. The molecule has 0 aromatic rings. The molecule has 2 unspecified atom stereocenters. The highest BCUT2D eigenvalue weighted by Crippen LogP contribution is 2.02. The van der Waals surface area contributed by atoms with Crippen molar-refractivity contribution in [2.75, 3.05) is 0 Å². The summed E-state index contributed by atoms with van der Waals surface area (Å²) in [6.07, 6.45) is 7.75. The Labute approximate surface area is 85.9 Å². The second-order valence-corrected chi connectivity index (χ2v) is 3.51. The van der Waals surface area contributed by atoms with E-state index in [4.69, 9.17) is 11.5 Å². The van der Waals surface area contributed by atoms with E-state index < -0.39 is 5.97 Å². The van der Waals surface area contributed by atoms with E-state index >= 15 is 0 Å². The van der Waals surface area contributed by atoms with E-state index in [0.29, 0.717) is 18.9 Å². The number of carboxylic acid groups (broad SMARTS) is 1. The Balaban J connectivity index is 3.73. The minimum atomic E-state index is -0.747. The van der Waals surface area contributed by atoms with Gasteiger partial charge in [0.2, 0.25) is 0 Å². The largest absolute Gasteiger partial charge is 0.481 e. The fourth-order valence-corrected chi connectivity index (χ4v) is 1.29. The molecule has 0 amide bonds. The van der Waals surface area contributed by atoms with E-state index in [-0.39, 0.29) is 12.5 Å². The summed E-state index contributed by atoms with van der Waals surface area (Å²) < 4.78 is 0. The summed E-state index contributed by atoms with van der Waals surface area (Å²) in [4.78, 5) is 10.3. The van der Waals surface area contributed by atoms with Crippen molar-refractivity contribution in [2.45, 2.75) is 51.6 Å². The molecule has 14 heavy (non-hydrogen) atoms. The molecule has 0 bridgehead atoms. The predicted molar refractivity (Wildman–Crippen MR) is 57.0 cm³/mol. The van der Waals surface area contributed by atoms with Gasteiger partial charge in [-0.2, -0.15) is 0 Å². The lowest BCUT2D eigenvalue weighted by Gasteiger charge is -2.19. The molecule has 0 aliphatic carbocycles. The van der Waals surface area contributed by atoms with Crippen molar-refractivity contribution in [3.63, 3.8) is 0 Å². The summed E-state index contributed by atoms with van der Waals surface area (Å²) in [5.74, 6) is 1.86. The standard InChI is InChI=1S/C11H19NO2/c1-4-6-10(5-2)12-9(3)7-8-11(13)14/h1,9-10,12H,5-8H2,2-3H3,(H,13,14). The molecule has 0 aliphatic heterocycles. The second kappa shape index (κ2) is 7.40. The van der Waals surface area contributed by atoms with E-state index in [1.54, 1.807) is 0 Å². The maximum atomic E-state index is 10.3. The average Bonchev–Trinajstić information content (AvgIpc) is 2.14. The number of rotatable bonds is 7. The lowest BCUT2D eigenvalue weighted by molar-refractivity contribution is -0.137. The van der Waals surface area contributed by atoms with Gasteiger partial charge in [-0.25, -0.2) is 0 Å². The minimum absolute atomic E-state index is 0.209. The maximum absolute atomic E-state index is 10.3. The molecule has 0 aromatic carbocycles. The van der Waals surface area contributed by atoms with Crippen molar-refractivity contribution >= 4 is 5.97 Å². The van der Waals surface area contributed by atoms with Crippen molar-refractivity contribution < 1.29 is 9.90 Å². The third kappa shape index (κ3) is 6.50. The fraction of sp³-hybridized carbons (Fsp3) is 0.727. The Bertz CT molecular complexity index is 208. The van der Waals surface area contributed by atoms with Crippen LogP contribution in [0.4, 0.5) is 0 Å². The summed E-state index contributed by atoms with van der Waals surface area (Å²) in [6, 6.07) is 0.521. The molecule has 0 saturated heterocycles. The summed E-state index contributed by atoms with van der Waals surface area (Å²) >= 11 is 0. The van der Waals surface area contributed by atoms with Gasteiger partial charge >= 0.3 is 5.97 Å². The van der Waals surface area contributed by atoms with Gasteiger partial charge in [0.25, 0.3) is 0 Å². The Morgan fingerprint density at radius 1 is 1.64 bits per heavy atom. The van der Waals surface area contributed by atoms with Crippen molar-refractivity contribution in [1.29, 1.82) is 0 Å². The molecule has 0 aliphatic rings. The normalized spacial score (nSPS) is 14.4. The molecule has 0 spiro atoms. The van der Waals surface area contributed by atoms with Gasteiger partial charge in [-0.3, -0.25) is 4.79 Å². The molecular weight excluding hydrogens is 178 g/mol. The molecule has 0 rings (SSSR count). The Morgan fingerprint density at radius 2 is 2.29 bits per heavy atom. The van der Waals surface area contributed by atoms with Gasteiger partial charge in [0.1, 0.15) is 0 Å². The number of nitrogens with one attached hydrogen (secondary N) is 1. The zero-order valence-electron chi connectivity index (χ0n) is 8.92. The first-order valence-corrected chi connectivity index (χ1v) is 5.01. The monoisotopic (exact) mass is 197 g/mol. The van der Waals surface area contributed by atoms with Crippen LogP contribution in [-0.2, 0) is 4.79 Å². The van der Waals surface area contributed by atoms with Gasteiger partial charge in [-0.05, 0) is 19.8 Å². The third-order valence-electron chi connectivity index (χ3n) is 2.17. The number of terminal acetylenes is 1. The van der Waals surface area contributed by atoms with Crippen LogP contribution in [0.5, 0.6) is 0 Å². The summed E-state index contributed by atoms with van der Waals surface area (Å²) in [5, 5.41) is 11.8. The van der Waals surface area contributed by atoms with Crippen LogP contribution in [0, 0.1) is 12.3 Å². The van der Waals surface area contributed by atoms with Crippen LogP contribution < -0.4 is 5.32 Å². The van der Waals surface area contributed by atoms with Crippen LogP contribution in [0.15, 0.2) is 0 Å². The molecular formula is C11H19NO2. The van der Waals surface area contributed by atoms with E-state index in [2.05, 4.69) is 18.2 Å². The van der Waals surface area contributed by atoms with Gasteiger partial charge in [-0.15, -0.1) is 12.3 Å². The van der Waals surface area contributed by atoms with Crippen molar-refractivity contribution in [3.05, 3.63) is 0 Å². The highest BCUT2D eigenvalue weighted by Gasteiger charge is 2.10. The van der Waals surface area contributed by atoms with Crippen LogP contribution in [-0.4, -0.2) is 23.2 Å². The van der Waals surface area contributed by atoms with Crippen LogP contribution in [0.3, 0.4) is 0 Å². The van der Waals surface area contributed by atoms with Crippen LogP contribution in [0.2, 0.25) is 0 Å². The first-order chi connectivity index (χ1) is 6.60. The number of aliphatic carboxylic acids is 1. The van der Waals surface area contributed by atoms with Gasteiger partial charge in [0, 0.05) is 24.9 Å². The van der Waals surface area contributed by atoms with Gasteiger partial charge in [0.15, 0.2) is 0 Å². The topological polar surface area (TPSA) is 49.3 Å². The number of carbonyl (C=O) groups is 1. The first-order valence-electron chi connectivity index (χ1n) is 5.01. The quantitative estimate of drug-likeness (QED) is 0.610. The highest BCUT2D eigenvalue weighted by molar-refractivity contribution is 5.66. The van der Waals surface area contributed by atoms with E-state index in [9.17, 15) is 4.79 Å². The predicted octanol–water partition coefficient (Wildman–Crippen LogP) is 1.63. The Morgan fingerprint density at radius 3 is 2.71 bits per heavy atom. The fourth-order valence-electron chi connectivity index (χ4n) is 1.29. The van der Waals surface area contributed by atoms with E-state index in [0.717, 1.165) is 6.42 Å². The molecule has 2 atom stereocenters. The molecule has 0 saturated carbocycles. The average molecular weight is 197 g/mol. The molecule has 0 fully saturated rings. The highest BCUT2D eigenvalue weighted by atomic mass is 16.4. The van der Waals surface area contributed by atoms with Crippen LogP contribution in [0.1, 0.15) is 39.5 Å².